The zero-order chi connectivity index (χ0) is 51.4. The molecule has 0 aromatic rings. The average molecular weight is 988 g/mol. The van der Waals surface area contributed by atoms with Crippen LogP contribution in [0.25, 0.3) is 0 Å². The molecule has 0 bridgehead atoms. The molecule has 0 spiro atoms. The molecule has 0 aliphatic heterocycles. The summed E-state index contributed by atoms with van der Waals surface area (Å²) in [6, 6.07) is 0. The second kappa shape index (κ2) is 58.9. The van der Waals surface area contributed by atoms with Gasteiger partial charge in [0.15, 0.2) is 6.10 Å². The molecule has 0 unspecified atom stereocenters. The standard InChI is InChI=1S/C65H110O6/c1-4-7-10-13-16-19-22-25-28-30-32-34-37-40-43-46-49-52-55-58-64(67)70-61-62(60-69-63(66)57-54-51-48-45-42-39-36-27-24-21-18-15-12-9-6-3)71-65(68)59-56-53-50-47-44-41-38-35-33-31-29-26-23-20-17-14-11-8-5-2/h9,12,17-18,20-21,26-27,29,33,35-36,41-42,44-45,62H,4-8,10-11,13-16,19,22-25,28,30-32,34,37-40,43,46-61H2,1-3H3/b12-9-,20-17-,21-18-,29-26-,35-33-,36-27-,44-41-,45-42-/t62-/m1/s1. The highest BCUT2D eigenvalue weighted by molar-refractivity contribution is 5.71. The second-order valence-corrected chi connectivity index (χ2v) is 19.5. The van der Waals surface area contributed by atoms with Crippen LogP contribution >= 0.6 is 0 Å². The summed E-state index contributed by atoms with van der Waals surface area (Å²) < 4.78 is 16.8. The minimum absolute atomic E-state index is 0.102. The summed E-state index contributed by atoms with van der Waals surface area (Å²) in [6.45, 7) is 6.46. The van der Waals surface area contributed by atoms with Crippen molar-refractivity contribution in [2.24, 2.45) is 0 Å². The Balaban J connectivity index is 4.47. The van der Waals surface area contributed by atoms with Crippen LogP contribution in [0.3, 0.4) is 0 Å². The van der Waals surface area contributed by atoms with E-state index in [-0.39, 0.29) is 37.5 Å². The van der Waals surface area contributed by atoms with E-state index in [1.165, 1.54) is 128 Å². The highest BCUT2D eigenvalue weighted by Gasteiger charge is 2.19. The fourth-order valence-corrected chi connectivity index (χ4v) is 8.12. The molecule has 0 aliphatic carbocycles. The van der Waals surface area contributed by atoms with Crippen molar-refractivity contribution in [1.29, 1.82) is 0 Å². The number of hydrogen-bond donors (Lipinski definition) is 0. The van der Waals surface area contributed by atoms with Crippen LogP contribution in [0, 0.1) is 0 Å². The van der Waals surface area contributed by atoms with Crippen molar-refractivity contribution in [3.8, 4) is 0 Å². The normalized spacial score (nSPS) is 12.8. The van der Waals surface area contributed by atoms with Gasteiger partial charge in [-0.2, -0.15) is 0 Å². The van der Waals surface area contributed by atoms with Gasteiger partial charge >= 0.3 is 17.9 Å². The monoisotopic (exact) mass is 987 g/mol. The van der Waals surface area contributed by atoms with Gasteiger partial charge in [-0.25, -0.2) is 0 Å². The van der Waals surface area contributed by atoms with Gasteiger partial charge in [0.2, 0.25) is 0 Å². The molecule has 0 fully saturated rings. The van der Waals surface area contributed by atoms with Crippen molar-refractivity contribution in [3.63, 3.8) is 0 Å². The molecule has 6 nitrogen and oxygen atoms in total. The largest absolute Gasteiger partial charge is 0.462 e. The molecule has 0 aliphatic rings. The molecule has 0 saturated heterocycles. The minimum atomic E-state index is -0.812. The van der Waals surface area contributed by atoms with E-state index in [4.69, 9.17) is 14.2 Å². The fraction of sp³-hybridized carbons (Fsp3) is 0.708. The van der Waals surface area contributed by atoms with Gasteiger partial charge in [-0.05, 0) is 103 Å². The van der Waals surface area contributed by atoms with E-state index in [0.717, 1.165) is 109 Å². The van der Waals surface area contributed by atoms with Crippen molar-refractivity contribution >= 4 is 17.9 Å². The van der Waals surface area contributed by atoms with Crippen molar-refractivity contribution in [3.05, 3.63) is 97.2 Å². The predicted molar refractivity (Wildman–Crippen MR) is 307 cm³/mol. The van der Waals surface area contributed by atoms with Gasteiger partial charge in [-0.3, -0.25) is 14.4 Å². The molecule has 0 amide bonds. The number of rotatable bonds is 53. The van der Waals surface area contributed by atoms with Gasteiger partial charge < -0.3 is 14.2 Å². The zero-order valence-corrected chi connectivity index (χ0v) is 46.5. The molecule has 0 radical (unpaired) electrons. The Morgan fingerprint density at radius 3 is 0.915 bits per heavy atom. The number of ether oxygens (including phenoxy) is 3. The second-order valence-electron chi connectivity index (χ2n) is 19.5. The number of carbonyl (C=O) groups is 3. The van der Waals surface area contributed by atoms with Crippen molar-refractivity contribution in [2.45, 2.75) is 284 Å². The van der Waals surface area contributed by atoms with Gasteiger partial charge in [0.25, 0.3) is 0 Å². The molecule has 71 heavy (non-hydrogen) atoms. The minimum Gasteiger partial charge on any atom is -0.462 e. The van der Waals surface area contributed by atoms with Gasteiger partial charge in [-0.15, -0.1) is 0 Å². The van der Waals surface area contributed by atoms with Gasteiger partial charge in [0.05, 0.1) is 0 Å². The van der Waals surface area contributed by atoms with E-state index in [0.29, 0.717) is 12.8 Å². The third-order valence-corrected chi connectivity index (χ3v) is 12.6. The van der Waals surface area contributed by atoms with Crippen LogP contribution in [0.5, 0.6) is 0 Å². The summed E-state index contributed by atoms with van der Waals surface area (Å²) in [5.41, 5.74) is 0. The third kappa shape index (κ3) is 57.1. The van der Waals surface area contributed by atoms with E-state index < -0.39 is 6.10 Å². The molecule has 0 N–H and O–H groups in total. The maximum Gasteiger partial charge on any atom is 0.306 e. The first-order chi connectivity index (χ1) is 35.0. The molecule has 1 atom stereocenters. The Bertz CT molecular complexity index is 1410. The lowest BCUT2D eigenvalue weighted by Crippen LogP contribution is -2.30. The highest BCUT2D eigenvalue weighted by Crippen LogP contribution is 2.16. The first kappa shape index (κ1) is 67.3. The Labute approximate surface area is 438 Å². The molecular weight excluding hydrogens is 877 g/mol. The lowest BCUT2D eigenvalue weighted by molar-refractivity contribution is -0.167. The highest BCUT2D eigenvalue weighted by atomic mass is 16.6. The SMILES string of the molecule is CC/C=C\C/C=C\C/C=C\C/C=C\CCCCC(=O)OC[C@H](COC(=O)CCCCCCCCCCCCCCCCCCCCC)OC(=O)CCCCC/C=C\C/C=C\C/C=C\C/C=C\CCCCC. The number of hydrogen-bond acceptors (Lipinski definition) is 6. The summed E-state index contributed by atoms with van der Waals surface area (Å²) >= 11 is 0. The van der Waals surface area contributed by atoms with E-state index in [9.17, 15) is 14.4 Å². The summed E-state index contributed by atoms with van der Waals surface area (Å²) in [5, 5.41) is 0. The smallest absolute Gasteiger partial charge is 0.306 e. The number of esters is 3. The summed E-state index contributed by atoms with van der Waals surface area (Å²) in [5.74, 6) is -0.970. The van der Waals surface area contributed by atoms with Crippen molar-refractivity contribution in [1.82, 2.24) is 0 Å². The quantitative estimate of drug-likeness (QED) is 0.0261. The van der Waals surface area contributed by atoms with E-state index >= 15 is 0 Å². The molecular formula is C65H110O6. The topological polar surface area (TPSA) is 78.9 Å². The third-order valence-electron chi connectivity index (χ3n) is 12.6. The van der Waals surface area contributed by atoms with E-state index in [1.54, 1.807) is 0 Å². The van der Waals surface area contributed by atoms with Gasteiger partial charge in [0.1, 0.15) is 13.2 Å². The number of allylic oxidation sites excluding steroid dienone is 16. The fourth-order valence-electron chi connectivity index (χ4n) is 8.12. The number of carbonyl (C=O) groups excluding carboxylic acids is 3. The van der Waals surface area contributed by atoms with Crippen molar-refractivity contribution in [2.75, 3.05) is 13.2 Å². The predicted octanol–water partition coefficient (Wildman–Crippen LogP) is 20.1. The van der Waals surface area contributed by atoms with Gasteiger partial charge in [0, 0.05) is 19.3 Å². The Hall–Kier alpha value is -3.67. The Morgan fingerprint density at radius 1 is 0.296 bits per heavy atom. The summed E-state index contributed by atoms with van der Waals surface area (Å²) in [7, 11) is 0. The summed E-state index contributed by atoms with van der Waals surface area (Å²) in [6.07, 6.45) is 78.3. The molecule has 0 saturated carbocycles. The Kier molecular flexibility index (Phi) is 55.9. The molecule has 0 rings (SSSR count). The van der Waals surface area contributed by atoms with Crippen molar-refractivity contribution < 1.29 is 28.6 Å². The maximum absolute atomic E-state index is 12.9. The van der Waals surface area contributed by atoms with E-state index in [2.05, 4.69) is 118 Å². The molecule has 0 aromatic carbocycles. The van der Waals surface area contributed by atoms with E-state index in [1.807, 2.05) is 0 Å². The van der Waals surface area contributed by atoms with Crippen LogP contribution in [0.4, 0.5) is 0 Å². The van der Waals surface area contributed by atoms with Crippen LogP contribution in [-0.4, -0.2) is 37.2 Å². The van der Waals surface area contributed by atoms with Crippen LogP contribution in [0.15, 0.2) is 97.2 Å². The molecule has 406 valence electrons. The first-order valence-electron chi connectivity index (χ1n) is 29.7. The first-order valence-corrected chi connectivity index (χ1v) is 29.7. The average Bonchev–Trinajstić information content (AvgIpc) is 3.37. The molecule has 0 aromatic heterocycles. The van der Waals surface area contributed by atoms with Crippen LogP contribution < -0.4 is 0 Å². The van der Waals surface area contributed by atoms with Crippen LogP contribution in [-0.2, 0) is 28.6 Å². The molecule has 6 heteroatoms. The van der Waals surface area contributed by atoms with Crippen LogP contribution in [0.1, 0.15) is 278 Å². The summed E-state index contributed by atoms with van der Waals surface area (Å²) in [4.78, 5) is 38.2. The lowest BCUT2D eigenvalue weighted by atomic mass is 10.0. The van der Waals surface area contributed by atoms with Gasteiger partial charge in [-0.1, -0.05) is 253 Å². The molecule has 0 heterocycles. The lowest BCUT2D eigenvalue weighted by Gasteiger charge is -2.18. The maximum atomic E-state index is 12.9. The van der Waals surface area contributed by atoms with Crippen LogP contribution in [0.2, 0.25) is 0 Å². The Morgan fingerprint density at radius 2 is 0.549 bits per heavy atom. The zero-order valence-electron chi connectivity index (χ0n) is 46.5. The number of unbranched alkanes of at least 4 members (excludes halogenated alkanes) is 26.